The van der Waals surface area contributed by atoms with Gasteiger partial charge in [0.25, 0.3) is 0 Å². The molecule has 2 bridgehead atoms. The van der Waals surface area contributed by atoms with Gasteiger partial charge in [-0.25, -0.2) is 4.39 Å². The topological polar surface area (TPSA) is 49.8 Å². The van der Waals surface area contributed by atoms with Crippen molar-refractivity contribution >= 4 is 5.78 Å². The molecule has 1 aromatic rings. The minimum atomic E-state index is -1.45. The quantitative estimate of drug-likeness (QED) is 0.793. The Morgan fingerprint density at radius 3 is 3.05 bits per heavy atom. The first-order valence-electron chi connectivity index (χ1n) is 7.93. The molecule has 1 saturated carbocycles. The molecule has 1 aromatic carbocycles. The van der Waals surface area contributed by atoms with Gasteiger partial charge in [-0.1, -0.05) is 6.07 Å². The molecule has 2 aliphatic heterocycles. The van der Waals surface area contributed by atoms with Crippen LogP contribution in [0.1, 0.15) is 30.4 Å². The SMILES string of the molecule is CN1CC[C@]23c4c5ccc(O)c4OC2C(=O)CCC3(F)[C@H]1C5. The number of hydrogen-bond donors (Lipinski definition) is 1. The number of piperidine rings is 1. The normalized spacial score (nSPS) is 42.0. The van der Waals surface area contributed by atoms with Crippen LogP contribution in [0.15, 0.2) is 12.1 Å². The van der Waals surface area contributed by atoms with Crippen LogP contribution in [0.2, 0.25) is 0 Å². The summed E-state index contributed by atoms with van der Waals surface area (Å²) in [5.41, 5.74) is -0.557. The van der Waals surface area contributed by atoms with Crippen molar-refractivity contribution in [3.63, 3.8) is 0 Å². The van der Waals surface area contributed by atoms with Crippen molar-refractivity contribution in [3.8, 4) is 11.5 Å². The van der Waals surface area contributed by atoms with Crippen molar-refractivity contribution in [3.05, 3.63) is 23.3 Å². The van der Waals surface area contributed by atoms with Crippen molar-refractivity contribution in [2.75, 3.05) is 13.6 Å². The zero-order valence-electron chi connectivity index (χ0n) is 12.4. The number of phenols is 1. The number of aromatic hydroxyl groups is 1. The number of Topliss-reactive ketones (excluding diaryl/α,β-unsaturated/α-hetero) is 1. The lowest BCUT2D eigenvalue weighted by molar-refractivity contribution is -0.158. The first kappa shape index (κ1) is 12.9. The number of carbonyl (C=O) groups excluding carboxylic acids is 1. The molecule has 2 unspecified atom stereocenters. The Morgan fingerprint density at radius 1 is 1.41 bits per heavy atom. The fourth-order valence-electron chi connectivity index (χ4n) is 5.48. The van der Waals surface area contributed by atoms with Gasteiger partial charge in [0.2, 0.25) is 0 Å². The summed E-state index contributed by atoms with van der Waals surface area (Å²) in [5.74, 6) is 0.345. The maximum Gasteiger partial charge on any atom is 0.174 e. The average molecular weight is 303 g/mol. The number of ether oxygens (including phenoxy) is 1. The van der Waals surface area contributed by atoms with Gasteiger partial charge in [-0.05, 0) is 44.5 Å². The third kappa shape index (κ3) is 1.12. The van der Waals surface area contributed by atoms with E-state index in [0.717, 1.165) is 17.7 Å². The smallest absolute Gasteiger partial charge is 0.174 e. The minimum absolute atomic E-state index is 0.0232. The molecule has 22 heavy (non-hydrogen) atoms. The monoisotopic (exact) mass is 303 g/mol. The number of hydrogen-bond acceptors (Lipinski definition) is 4. The molecule has 2 fully saturated rings. The molecule has 4 atom stereocenters. The van der Waals surface area contributed by atoms with Crippen LogP contribution in [0.25, 0.3) is 0 Å². The van der Waals surface area contributed by atoms with E-state index >= 15 is 4.39 Å². The fourth-order valence-corrected chi connectivity index (χ4v) is 5.48. The number of alkyl halides is 1. The molecule has 5 rings (SSSR count). The number of likely N-dealkylation sites (N-methyl/N-ethyl adjacent to an activating group) is 1. The number of halogens is 1. The van der Waals surface area contributed by atoms with E-state index in [1.165, 1.54) is 0 Å². The van der Waals surface area contributed by atoms with Gasteiger partial charge in [0.15, 0.2) is 23.4 Å². The second kappa shape index (κ2) is 3.65. The van der Waals surface area contributed by atoms with Gasteiger partial charge < -0.3 is 9.84 Å². The highest BCUT2D eigenvalue weighted by molar-refractivity contribution is 5.90. The molecule has 4 nitrogen and oxygen atoms in total. The Balaban J connectivity index is 1.88. The summed E-state index contributed by atoms with van der Waals surface area (Å²) in [6, 6.07) is 3.25. The second-order valence-corrected chi connectivity index (χ2v) is 7.20. The van der Waals surface area contributed by atoms with Gasteiger partial charge in [-0.3, -0.25) is 9.69 Å². The van der Waals surface area contributed by atoms with Crippen molar-refractivity contribution in [1.82, 2.24) is 4.90 Å². The van der Waals surface area contributed by atoms with Gasteiger partial charge in [-0.2, -0.15) is 0 Å². The minimum Gasteiger partial charge on any atom is -0.504 e. The summed E-state index contributed by atoms with van der Waals surface area (Å²) < 4.78 is 22.1. The summed E-state index contributed by atoms with van der Waals surface area (Å²) in [7, 11) is 1.96. The summed E-state index contributed by atoms with van der Waals surface area (Å²) >= 11 is 0. The van der Waals surface area contributed by atoms with Crippen LogP contribution < -0.4 is 4.74 Å². The molecule has 1 saturated heterocycles. The fraction of sp³-hybridized carbons (Fsp3) is 0.588. The maximum absolute atomic E-state index is 16.3. The Kier molecular flexibility index (Phi) is 2.13. The summed E-state index contributed by atoms with van der Waals surface area (Å²) in [6.45, 7) is 0.748. The molecule has 1 spiro atoms. The molecule has 5 heteroatoms. The first-order chi connectivity index (χ1) is 10.5. The molecule has 2 heterocycles. The van der Waals surface area contributed by atoms with Crippen molar-refractivity contribution < 1.29 is 19.0 Å². The standard InChI is InChI=1S/C17H18FNO3/c1-19-7-6-16-13-9-2-3-10(20)14(13)22-15(16)11(21)4-5-17(16,18)12(19)8-9/h2-3,12,15,20H,4-8H2,1H3/t12-,15?,16+,17?/m1/s1. The molecule has 0 radical (unpaired) electrons. The van der Waals surface area contributed by atoms with E-state index in [-0.39, 0.29) is 30.4 Å². The predicted molar refractivity (Wildman–Crippen MR) is 77.0 cm³/mol. The summed E-state index contributed by atoms with van der Waals surface area (Å²) in [4.78, 5) is 14.6. The summed E-state index contributed by atoms with van der Waals surface area (Å²) in [5, 5.41) is 10.2. The van der Waals surface area contributed by atoms with E-state index in [2.05, 4.69) is 4.90 Å². The lowest BCUT2D eigenvalue weighted by atomic mass is 9.50. The lowest BCUT2D eigenvalue weighted by Crippen LogP contribution is -2.74. The van der Waals surface area contributed by atoms with E-state index in [4.69, 9.17) is 4.74 Å². The third-order valence-corrected chi connectivity index (χ3v) is 6.45. The van der Waals surface area contributed by atoms with Crippen molar-refractivity contribution in [2.24, 2.45) is 0 Å². The zero-order chi connectivity index (χ0) is 15.3. The van der Waals surface area contributed by atoms with Gasteiger partial charge in [0.1, 0.15) is 5.67 Å². The Bertz CT molecular complexity index is 720. The van der Waals surface area contributed by atoms with Crippen molar-refractivity contribution in [2.45, 2.75) is 48.9 Å². The number of likely N-dealkylation sites (tertiary alicyclic amines) is 1. The van der Waals surface area contributed by atoms with E-state index in [1.807, 2.05) is 13.1 Å². The highest BCUT2D eigenvalue weighted by Crippen LogP contribution is 2.65. The van der Waals surface area contributed by atoms with E-state index in [9.17, 15) is 9.90 Å². The van der Waals surface area contributed by atoms with Gasteiger partial charge in [-0.15, -0.1) is 0 Å². The van der Waals surface area contributed by atoms with Crippen molar-refractivity contribution in [1.29, 1.82) is 0 Å². The molecular formula is C17H18FNO3. The molecular weight excluding hydrogens is 285 g/mol. The van der Waals surface area contributed by atoms with E-state index in [0.29, 0.717) is 18.6 Å². The van der Waals surface area contributed by atoms with Gasteiger partial charge in [0, 0.05) is 18.0 Å². The number of rotatable bonds is 0. The second-order valence-electron chi connectivity index (χ2n) is 7.20. The number of nitrogens with zero attached hydrogens (tertiary/aromatic N) is 1. The van der Waals surface area contributed by atoms with Crippen LogP contribution in [-0.2, 0) is 16.6 Å². The Morgan fingerprint density at radius 2 is 2.23 bits per heavy atom. The largest absolute Gasteiger partial charge is 0.504 e. The number of benzene rings is 1. The van der Waals surface area contributed by atoms with E-state index < -0.39 is 17.2 Å². The van der Waals surface area contributed by atoms with Crippen LogP contribution >= 0.6 is 0 Å². The third-order valence-electron chi connectivity index (χ3n) is 6.45. The van der Waals surface area contributed by atoms with Gasteiger partial charge in [0.05, 0.1) is 5.41 Å². The molecule has 4 aliphatic rings. The maximum atomic E-state index is 16.3. The van der Waals surface area contributed by atoms with Crippen LogP contribution in [0, 0.1) is 0 Å². The molecule has 1 N–H and O–H groups in total. The van der Waals surface area contributed by atoms with Crippen LogP contribution in [0.4, 0.5) is 4.39 Å². The number of phenolic OH excluding ortho intramolecular Hbond substituents is 1. The number of carbonyl (C=O) groups is 1. The molecule has 0 amide bonds. The lowest BCUT2D eigenvalue weighted by Gasteiger charge is -2.60. The molecule has 116 valence electrons. The number of ketones is 1. The molecule has 2 aliphatic carbocycles. The summed E-state index contributed by atoms with van der Waals surface area (Å²) in [6.07, 6.45) is 0.884. The zero-order valence-corrected chi connectivity index (χ0v) is 12.4. The Labute approximate surface area is 127 Å². The highest BCUT2D eigenvalue weighted by atomic mass is 19.1. The van der Waals surface area contributed by atoms with Gasteiger partial charge >= 0.3 is 0 Å². The predicted octanol–water partition coefficient (Wildman–Crippen LogP) is 1.72. The average Bonchev–Trinajstić information content (AvgIpc) is 2.85. The van der Waals surface area contributed by atoms with Crippen LogP contribution in [-0.4, -0.2) is 47.2 Å². The first-order valence-corrected chi connectivity index (χ1v) is 7.93. The van der Waals surface area contributed by atoms with Crippen LogP contribution in [0.5, 0.6) is 11.5 Å². The van der Waals surface area contributed by atoms with Crippen LogP contribution in [0.3, 0.4) is 0 Å². The van der Waals surface area contributed by atoms with E-state index in [1.54, 1.807) is 6.07 Å². The highest BCUT2D eigenvalue weighted by Gasteiger charge is 2.74. The molecule has 0 aromatic heterocycles. The Hall–Kier alpha value is -1.62.